The summed E-state index contributed by atoms with van der Waals surface area (Å²) in [5.41, 5.74) is 7.09. The van der Waals surface area contributed by atoms with Gasteiger partial charge in [-0.15, -0.1) is 12.4 Å². The molecule has 0 saturated carbocycles. The van der Waals surface area contributed by atoms with Crippen LogP contribution in [0.3, 0.4) is 0 Å². The Balaban J connectivity index is 0. The maximum absolute atomic E-state index is 9.46. The van der Waals surface area contributed by atoms with E-state index in [4.69, 9.17) is 10.8 Å². The van der Waals surface area contributed by atoms with Gasteiger partial charge >= 0.3 is 0 Å². The van der Waals surface area contributed by atoms with Gasteiger partial charge in [-0.3, -0.25) is 4.98 Å². The van der Waals surface area contributed by atoms with Gasteiger partial charge in [0.15, 0.2) is 0 Å². The molecule has 0 fully saturated rings. The number of aromatic nitrogens is 1. The lowest BCUT2D eigenvalue weighted by atomic mass is 10.1. The van der Waals surface area contributed by atoms with Crippen LogP contribution >= 0.6 is 12.4 Å². The predicted octanol–water partition coefficient (Wildman–Crippen LogP) is -0.356. The molecule has 0 unspecified atom stereocenters. The van der Waals surface area contributed by atoms with E-state index in [1.807, 2.05) is 0 Å². The summed E-state index contributed by atoms with van der Waals surface area (Å²) in [7, 11) is 0. The molecule has 0 spiro atoms. The van der Waals surface area contributed by atoms with Crippen molar-refractivity contribution in [3.8, 4) is 5.75 Å². The Morgan fingerprint density at radius 2 is 2.07 bits per heavy atom. The molecule has 0 atom stereocenters. The minimum absolute atomic E-state index is 0. The molecule has 0 aliphatic heterocycles. The maximum atomic E-state index is 9.46. The van der Waals surface area contributed by atoms with Crippen molar-refractivity contribution < 1.29 is 15.7 Å². The first-order valence-electron chi connectivity index (χ1n) is 3.68. The first kappa shape index (κ1) is 15.6. The van der Waals surface area contributed by atoms with Gasteiger partial charge in [-0.2, -0.15) is 0 Å². The van der Waals surface area contributed by atoms with E-state index in [0.29, 0.717) is 16.8 Å². The third kappa shape index (κ3) is 2.81. The number of rotatable bonds is 2. The Morgan fingerprint density at radius 3 is 2.50 bits per heavy atom. The molecular formula is C8H15ClN2O3. The van der Waals surface area contributed by atoms with Crippen LogP contribution in [-0.2, 0) is 13.2 Å². The van der Waals surface area contributed by atoms with Crippen molar-refractivity contribution in [2.75, 3.05) is 0 Å². The maximum Gasteiger partial charge on any atom is 0.141 e. The van der Waals surface area contributed by atoms with Gasteiger partial charge in [0.2, 0.25) is 0 Å². The molecule has 1 heterocycles. The molecule has 82 valence electrons. The third-order valence-corrected chi connectivity index (χ3v) is 1.80. The van der Waals surface area contributed by atoms with Gasteiger partial charge < -0.3 is 21.4 Å². The van der Waals surface area contributed by atoms with Crippen LogP contribution in [0.5, 0.6) is 5.75 Å². The van der Waals surface area contributed by atoms with E-state index < -0.39 is 0 Å². The van der Waals surface area contributed by atoms with Gasteiger partial charge in [0, 0.05) is 23.9 Å². The molecule has 5 nitrogen and oxygen atoms in total. The zero-order valence-electron chi connectivity index (χ0n) is 7.82. The molecule has 1 aromatic rings. The highest BCUT2D eigenvalue weighted by Crippen LogP contribution is 2.22. The predicted molar refractivity (Wildman–Crippen MR) is 55.3 cm³/mol. The highest BCUT2D eigenvalue weighted by atomic mass is 35.5. The lowest BCUT2D eigenvalue weighted by Crippen LogP contribution is -2.04. The molecule has 6 N–H and O–H groups in total. The second-order valence-electron chi connectivity index (χ2n) is 2.56. The van der Waals surface area contributed by atoms with Crippen molar-refractivity contribution in [1.29, 1.82) is 0 Å². The van der Waals surface area contributed by atoms with Gasteiger partial charge in [-0.1, -0.05) is 0 Å². The van der Waals surface area contributed by atoms with Crippen molar-refractivity contribution in [2.45, 2.75) is 20.1 Å². The first-order valence-corrected chi connectivity index (χ1v) is 3.68. The van der Waals surface area contributed by atoms with Crippen LogP contribution in [0.4, 0.5) is 0 Å². The number of aryl methyl sites for hydroxylation is 1. The van der Waals surface area contributed by atoms with E-state index in [9.17, 15) is 5.11 Å². The molecule has 0 radical (unpaired) electrons. The second kappa shape index (κ2) is 6.56. The van der Waals surface area contributed by atoms with E-state index >= 15 is 0 Å². The molecule has 0 aliphatic rings. The van der Waals surface area contributed by atoms with Gasteiger partial charge in [0.1, 0.15) is 5.75 Å². The van der Waals surface area contributed by atoms with Gasteiger partial charge in [0.25, 0.3) is 0 Å². The van der Waals surface area contributed by atoms with Gasteiger partial charge in [0.05, 0.1) is 12.3 Å². The fourth-order valence-corrected chi connectivity index (χ4v) is 1.05. The van der Waals surface area contributed by atoms with Gasteiger partial charge in [-0.05, 0) is 6.92 Å². The van der Waals surface area contributed by atoms with E-state index in [1.54, 1.807) is 6.92 Å². The second-order valence-corrected chi connectivity index (χ2v) is 2.56. The van der Waals surface area contributed by atoms with Crippen molar-refractivity contribution in [3.63, 3.8) is 0 Å². The van der Waals surface area contributed by atoms with E-state index in [2.05, 4.69) is 4.98 Å². The van der Waals surface area contributed by atoms with Crippen LogP contribution in [-0.4, -0.2) is 20.7 Å². The summed E-state index contributed by atoms with van der Waals surface area (Å²) in [5, 5.41) is 18.3. The molecule has 1 aromatic heterocycles. The molecular weight excluding hydrogens is 208 g/mol. The summed E-state index contributed by atoms with van der Waals surface area (Å²) in [4.78, 5) is 3.89. The molecule has 1 rings (SSSR count). The smallest absolute Gasteiger partial charge is 0.141 e. The summed E-state index contributed by atoms with van der Waals surface area (Å²) >= 11 is 0. The first-order chi connectivity index (χ1) is 5.70. The molecule has 0 aromatic carbocycles. The number of aliphatic hydroxyl groups excluding tert-OH is 1. The fraction of sp³-hybridized carbons (Fsp3) is 0.375. The Hall–Kier alpha value is -0.880. The topological polar surface area (TPSA) is 111 Å². The average molecular weight is 223 g/mol. The quantitative estimate of drug-likeness (QED) is 0.635. The minimum Gasteiger partial charge on any atom is -0.506 e. The standard InChI is InChI=1S/C8H12N2O2.ClH.H2O/c1-5-8(12)7(2-9)6(4-11)3-10-5;;/h3,11-12H,2,4,9H2,1H3;1H;1H2. The van der Waals surface area contributed by atoms with Crippen LogP contribution in [0.2, 0.25) is 0 Å². The molecule has 14 heavy (non-hydrogen) atoms. The van der Waals surface area contributed by atoms with Gasteiger partial charge in [-0.25, -0.2) is 0 Å². The summed E-state index contributed by atoms with van der Waals surface area (Å²) in [6, 6.07) is 0. The summed E-state index contributed by atoms with van der Waals surface area (Å²) < 4.78 is 0. The van der Waals surface area contributed by atoms with Crippen molar-refractivity contribution in [3.05, 3.63) is 23.0 Å². The Morgan fingerprint density at radius 1 is 1.50 bits per heavy atom. The van der Waals surface area contributed by atoms with Crippen LogP contribution in [0.15, 0.2) is 6.20 Å². The normalized spacial score (nSPS) is 8.79. The molecule has 0 aliphatic carbocycles. The number of pyridine rings is 1. The molecule has 6 heteroatoms. The highest BCUT2D eigenvalue weighted by molar-refractivity contribution is 5.85. The Kier molecular flexibility index (Phi) is 7.30. The SMILES string of the molecule is Cc1ncc(CO)c(CN)c1O.Cl.O. The number of nitrogens with zero attached hydrogens (tertiary/aromatic N) is 1. The van der Waals surface area contributed by atoms with Crippen molar-refractivity contribution in [1.82, 2.24) is 4.98 Å². The average Bonchev–Trinajstić information content (AvgIpc) is 2.09. The Bertz CT molecular complexity index is 294. The van der Waals surface area contributed by atoms with E-state index in [0.717, 1.165) is 0 Å². The Labute approximate surface area is 88.3 Å². The number of aromatic hydroxyl groups is 1. The van der Waals surface area contributed by atoms with Crippen LogP contribution < -0.4 is 5.73 Å². The zero-order chi connectivity index (χ0) is 9.14. The van der Waals surface area contributed by atoms with E-state index in [1.165, 1.54) is 6.20 Å². The lowest BCUT2D eigenvalue weighted by molar-refractivity contribution is 0.279. The zero-order valence-corrected chi connectivity index (χ0v) is 8.64. The molecule has 0 saturated heterocycles. The number of aliphatic hydroxyl groups is 1. The van der Waals surface area contributed by atoms with E-state index in [-0.39, 0.29) is 36.8 Å². The highest BCUT2D eigenvalue weighted by Gasteiger charge is 2.08. The van der Waals surface area contributed by atoms with Crippen LogP contribution in [0.1, 0.15) is 16.8 Å². The molecule has 0 amide bonds. The monoisotopic (exact) mass is 222 g/mol. The summed E-state index contributed by atoms with van der Waals surface area (Å²) in [6.45, 7) is 1.76. The number of hydrogen-bond donors (Lipinski definition) is 3. The number of halogens is 1. The van der Waals surface area contributed by atoms with Crippen LogP contribution in [0, 0.1) is 6.92 Å². The number of nitrogens with two attached hydrogens (primary N) is 1. The lowest BCUT2D eigenvalue weighted by Gasteiger charge is -2.08. The van der Waals surface area contributed by atoms with Crippen molar-refractivity contribution >= 4 is 12.4 Å². The number of hydrogen-bond acceptors (Lipinski definition) is 4. The summed E-state index contributed by atoms with van der Waals surface area (Å²) in [6.07, 6.45) is 1.53. The summed E-state index contributed by atoms with van der Waals surface area (Å²) in [5.74, 6) is 0.0871. The fourth-order valence-electron chi connectivity index (χ4n) is 1.05. The van der Waals surface area contributed by atoms with Crippen LogP contribution in [0.25, 0.3) is 0 Å². The minimum atomic E-state index is -0.145. The third-order valence-electron chi connectivity index (χ3n) is 1.80. The van der Waals surface area contributed by atoms with Crippen molar-refractivity contribution in [2.24, 2.45) is 5.73 Å². The largest absolute Gasteiger partial charge is 0.506 e. The molecule has 0 bridgehead atoms.